The first-order valence-corrected chi connectivity index (χ1v) is 11.0. The van der Waals surface area contributed by atoms with E-state index in [1.165, 1.54) is 17.8 Å². The van der Waals surface area contributed by atoms with Gasteiger partial charge in [-0.05, 0) is 54.4 Å². The fourth-order valence-electron chi connectivity index (χ4n) is 3.14. The van der Waals surface area contributed by atoms with Gasteiger partial charge in [0.25, 0.3) is 0 Å². The van der Waals surface area contributed by atoms with Crippen molar-refractivity contribution in [3.63, 3.8) is 0 Å². The first-order valence-electron chi connectivity index (χ1n) is 9.67. The monoisotopic (exact) mass is 451 g/mol. The molecule has 1 aliphatic heterocycles. The normalized spacial score (nSPS) is 13.0. The molecule has 0 aliphatic carbocycles. The zero-order valence-corrected chi connectivity index (χ0v) is 18.3. The zero-order valence-electron chi connectivity index (χ0n) is 16.7. The minimum absolute atomic E-state index is 0.108. The van der Waals surface area contributed by atoms with Gasteiger partial charge >= 0.3 is 0 Å². The summed E-state index contributed by atoms with van der Waals surface area (Å²) in [6.07, 6.45) is 0.464. The van der Waals surface area contributed by atoms with Gasteiger partial charge in [-0.15, -0.1) is 11.8 Å². The van der Waals surface area contributed by atoms with Crippen LogP contribution < -0.4 is 5.32 Å². The molecule has 0 bridgehead atoms. The van der Waals surface area contributed by atoms with E-state index in [1.54, 1.807) is 12.1 Å². The minimum Gasteiger partial charge on any atom is -0.323 e. The number of aliphatic imine (C=N–C) groups is 2. The first kappa shape index (κ1) is 21.3. The molecule has 156 valence electrons. The van der Waals surface area contributed by atoms with Crippen LogP contribution in [0.1, 0.15) is 17.5 Å². The fourth-order valence-corrected chi connectivity index (χ4v) is 4.11. The molecule has 0 fully saturated rings. The molecule has 4 rings (SSSR count). The third-order valence-corrected chi connectivity index (χ3v) is 5.84. The molecule has 0 unspecified atom stereocenters. The van der Waals surface area contributed by atoms with E-state index >= 15 is 0 Å². The van der Waals surface area contributed by atoms with Crippen LogP contribution in [-0.4, -0.2) is 22.4 Å². The number of halogens is 2. The quantitative estimate of drug-likeness (QED) is 0.479. The van der Waals surface area contributed by atoms with E-state index in [0.29, 0.717) is 11.4 Å². The average molecular weight is 452 g/mol. The number of hydrogen-bond acceptors (Lipinski definition) is 4. The van der Waals surface area contributed by atoms with E-state index < -0.39 is 5.82 Å². The Bertz CT molecular complexity index is 1210. The Kier molecular flexibility index (Phi) is 6.49. The molecular formula is C24H19ClFN3OS. The van der Waals surface area contributed by atoms with Gasteiger partial charge in [-0.3, -0.25) is 9.79 Å². The number of hydrogen-bond donors (Lipinski definition) is 1. The van der Waals surface area contributed by atoms with E-state index in [-0.39, 0.29) is 17.3 Å². The van der Waals surface area contributed by atoms with Crippen molar-refractivity contribution in [3.8, 4) is 0 Å². The van der Waals surface area contributed by atoms with E-state index in [4.69, 9.17) is 21.6 Å². The zero-order chi connectivity index (χ0) is 21.8. The van der Waals surface area contributed by atoms with E-state index in [1.807, 2.05) is 55.5 Å². The molecule has 7 heteroatoms. The second-order valence-electron chi connectivity index (χ2n) is 7.06. The lowest BCUT2D eigenvalue weighted by Gasteiger charge is -2.09. The van der Waals surface area contributed by atoms with Gasteiger partial charge in [-0.2, -0.15) is 0 Å². The van der Waals surface area contributed by atoms with Crippen LogP contribution in [0.3, 0.4) is 0 Å². The summed E-state index contributed by atoms with van der Waals surface area (Å²) in [6.45, 7) is 1.85. The van der Waals surface area contributed by atoms with Crippen molar-refractivity contribution in [1.29, 1.82) is 0 Å². The molecule has 0 aromatic heterocycles. The number of fused-ring (bicyclic) bond motifs is 1. The molecule has 0 saturated carbocycles. The Labute approximate surface area is 189 Å². The van der Waals surface area contributed by atoms with Crippen LogP contribution in [0.2, 0.25) is 5.02 Å². The van der Waals surface area contributed by atoms with Crippen molar-refractivity contribution >= 4 is 57.1 Å². The number of nitrogens with zero attached hydrogens (tertiary/aromatic N) is 2. The molecule has 3 aromatic carbocycles. The van der Waals surface area contributed by atoms with Crippen LogP contribution in [-0.2, 0) is 4.79 Å². The summed E-state index contributed by atoms with van der Waals surface area (Å²) >= 11 is 7.49. The topological polar surface area (TPSA) is 53.8 Å². The number of amides is 1. The number of carbonyl (C=O) groups excluding carboxylic acids is 1. The average Bonchev–Trinajstić information content (AvgIpc) is 2.94. The third kappa shape index (κ3) is 5.40. The summed E-state index contributed by atoms with van der Waals surface area (Å²) in [5, 5.41) is 4.02. The largest absolute Gasteiger partial charge is 0.323 e. The highest BCUT2D eigenvalue weighted by Crippen LogP contribution is 2.33. The Hall–Kier alpha value is -2.96. The highest BCUT2D eigenvalue weighted by Gasteiger charge is 2.17. The summed E-state index contributed by atoms with van der Waals surface area (Å²) in [5.41, 5.74) is 4.29. The van der Waals surface area contributed by atoms with E-state index in [0.717, 1.165) is 33.3 Å². The molecule has 1 aliphatic rings. The summed E-state index contributed by atoms with van der Waals surface area (Å²) in [4.78, 5) is 22.0. The lowest BCUT2D eigenvalue weighted by Crippen LogP contribution is -2.17. The van der Waals surface area contributed by atoms with Gasteiger partial charge in [0.15, 0.2) is 0 Å². The van der Waals surface area contributed by atoms with Crippen molar-refractivity contribution in [1.82, 2.24) is 0 Å². The first-order chi connectivity index (χ1) is 15.0. The molecule has 0 radical (unpaired) electrons. The molecule has 0 saturated heterocycles. The summed E-state index contributed by atoms with van der Waals surface area (Å²) in [5.74, 6) is -0.645. The lowest BCUT2D eigenvalue weighted by molar-refractivity contribution is -0.113. The number of thioether (sulfide) groups is 1. The maximum absolute atomic E-state index is 13.9. The number of para-hydroxylation sites is 2. The molecule has 1 amide bonds. The number of anilines is 1. The van der Waals surface area contributed by atoms with Gasteiger partial charge in [0.05, 0.1) is 33.6 Å². The van der Waals surface area contributed by atoms with E-state index in [2.05, 4.69) is 5.32 Å². The fraction of sp³-hybridized carbons (Fsp3) is 0.125. The number of rotatable bonds is 4. The second-order valence-corrected chi connectivity index (χ2v) is 8.55. The van der Waals surface area contributed by atoms with Gasteiger partial charge < -0.3 is 5.32 Å². The van der Waals surface area contributed by atoms with Gasteiger partial charge in [-0.25, -0.2) is 9.38 Å². The van der Waals surface area contributed by atoms with Crippen LogP contribution in [0, 0.1) is 12.7 Å². The van der Waals surface area contributed by atoms with Crippen molar-refractivity contribution in [2.75, 3.05) is 11.1 Å². The Morgan fingerprint density at radius 3 is 2.61 bits per heavy atom. The predicted octanol–water partition coefficient (Wildman–Crippen LogP) is 6.71. The molecule has 1 heterocycles. The Morgan fingerprint density at radius 2 is 1.84 bits per heavy atom. The predicted molar refractivity (Wildman–Crippen MR) is 128 cm³/mol. The second kappa shape index (κ2) is 9.45. The van der Waals surface area contributed by atoms with E-state index in [9.17, 15) is 9.18 Å². The van der Waals surface area contributed by atoms with Crippen molar-refractivity contribution in [2.24, 2.45) is 9.98 Å². The minimum atomic E-state index is -0.458. The van der Waals surface area contributed by atoms with Gasteiger partial charge in [0.2, 0.25) is 5.91 Å². The molecular weight excluding hydrogens is 433 g/mol. The molecule has 0 spiro atoms. The molecule has 31 heavy (non-hydrogen) atoms. The summed E-state index contributed by atoms with van der Waals surface area (Å²) in [7, 11) is 0. The number of aryl methyl sites for hydroxylation is 1. The van der Waals surface area contributed by atoms with Crippen molar-refractivity contribution in [2.45, 2.75) is 13.3 Å². The van der Waals surface area contributed by atoms with Crippen molar-refractivity contribution in [3.05, 3.63) is 88.7 Å². The van der Waals surface area contributed by atoms with Crippen LogP contribution >= 0.6 is 23.4 Å². The maximum Gasteiger partial charge on any atom is 0.234 e. The molecule has 3 aromatic rings. The van der Waals surface area contributed by atoms with Gasteiger partial charge in [-0.1, -0.05) is 41.9 Å². The molecule has 1 N–H and O–H groups in total. The standard InChI is InChI=1S/C24H19ClFN3OS/c1-15-9-10-18(26)22(11-15)28-23(30)14-31-24-13-21(16-5-4-6-17(25)12-16)27-19-7-2-3-8-20(19)29-24/h2-12H,13-14H2,1H3,(H,28,30). The van der Waals surface area contributed by atoms with Crippen LogP contribution in [0.5, 0.6) is 0 Å². The van der Waals surface area contributed by atoms with Crippen LogP contribution in [0.15, 0.2) is 76.7 Å². The third-order valence-electron chi connectivity index (χ3n) is 4.62. The van der Waals surface area contributed by atoms with Crippen LogP contribution in [0.25, 0.3) is 0 Å². The Balaban J connectivity index is 1.54. The van der Waals surface area contributed by atoms with Gasteiger partial charge in [0, 0.05) is 11.4 Å². The highest BCUT2D eigenvalue weighted by molar-refractivity contribution is 8.14. The maximum atomic E-state index is 13.9. The van der Waals surface area contributed by atoms with Crippen LogP contribution in [0.4, 0.5) is 21.5 Å². The number of carbonyl (C=O) groups is 1. The van der Waals surface area contributed by atoms with Crippen molar-refractivity contribution < 1.29 is 9.18 Å². The van der Waals surface area contributed by atoms with Gasteiger partial charge in [0.1, 0.15) is 5.82 Å². The number of nitrogens with one attached hydrogen (secondary N) is 1. The lowest BCUT2D eigenvalue weighted by atomic mass is 10.1. The smallest absolute Gasteiger partial charge is 0.234 e. The summed E-state index contributed by atoms with van der Waals surface area (Å²) < 4.78 is 13.9. The molecule has 0 atom stereocenters. The molecule has 4 nitrogen and oxygen atoms in total. The Morgan fingerprint density at radius 1 is 1.06 bits per heavy atom. The highest BCUT2D eigenvalue weighted by atomic mass is 35.5. The summed E-state index contributed by atoms with van der Waals surface area (Å²) in [6, 6.07) is 19.7. The number of benzene rings is 3. The SMILES string of the molecule is Cc1ccc(F)c(NC(=O)CSC2=Nc3ccccc3N=C(c3cccc(Cl)c3)C2)c1.